The number of thiazole rings is 1. The monoisotopic (exact) mass is 498 g/mol. The number of likely N-dealkylation sites (tertiary alicyclic amines) is 1. The summed E-state index contributed by atoms with van der Waals surface area (Å²) in [5.74, 6) is -2.48. The van der Waals surface area contributed by atoms with E-state index in [1.807, 2.05) is 32.0 Å². The highest BCUT2D eigenvalue weighted by atomic mass is 32.2. The maximum atomic E-state index is 13.7. The molecule has 2 amide bonds. The van der Waals surface area contributed by atoms with Crippen LogP contribution in [0.2, 0.25) is 0 Å². The SMILES string of the molecule is CC(C)C[C@@H](C(=O)O)N1C(=O)[C@H]2[C@@H]3C[C@@H]([C@@H]2C1=O)[C@H]1[C@H](c2ccccc2)c2sc(=O)[nH]c2S[C@H]31. The van der Waals surface area contributed by atoms with E-state index in [0.717, 1.165) is 26.8 Å². The highest BCUT2D eigenvalue weighted by Crippen LogP contribution is 2.68. The number of aromatic amines is 1. The first kappa shape index (κ1) is 22.1. The van der Waals surface area contributed by atoms with Crippen molar-refractivity contribution in [2.45, 2.75) is 48.9 Å². The number of benzene rings is 1. The molecule has 7 nitrogen and oxygen atoms in total. The Labute approximate surface area is 204 Å². The summed E-state index contributed by atoms with van der Waals surface area (Å²) in [6.45, 7) is 3.81. The molecule has 3 heterocycles. The standard InChI is InChI=1S/C25H26N2O5S2/c1-10(2)8-14(24(30)31)27-22(28)17-12-9-13(18(17)23(27)29)19-16(12)15(11-6-4-3-5-7-11)20-21(33-19)26-25(32)34-20/h3-7,10,12-19H,8-9H2,1-2H3,(H,26,32)(H,30,31)/t12-,13+,14+,15+,16+,17+,18+,19-/m1/s1. The number of nitrogens with zero attached hydrogens (tertiary/aromatic N) is 1. The van der Waals surface area contributed by atoms with E-state index >= 15 is 0 Å². The largest absolute Gasteiger partial charge is 0.480 e. The molecule has 2 aliphatic carbocycles. The molecule has 2 bridgehead atoms. The number of imide groups is 1. The first-order valence-electron chi connectivity index (χ1n) is 11.8. The molecule has 2 aliphatic heterocycles. The van der Waals surface area contributed by atoms with Gasteiger partial charge < -0.3 is 10.1 Å². The normalized spacial score (nSPS) is 34.3. The molecule has 8 atom stereocenters. The van der Waals surface area contributed by atoms with E-state index in [1.165, 1.54) is 11.3 Å². The Morgan fingerprint density at radius 1 is 1.12 bits per heavy atom. The Bertz CT molecular complexity index is 1240. The summed E-state index contributed by atoms with van der Waals surface area (Å²) in [5.41, 5.74) is 1.12. The lowest BCUT2D eigenvalue weighted by molar-refractivity contribution is -0.156. The highest BCUT2D eigenvalue weighted by molar-refractivity contribution is 8.00. The van der Waals surface area contributed by atoms with Gasteiger partial charge in [0.2, 0.25) is 11.8 Å². The molecule has 2 N–H and O–H groups in total. The zero-order chi connectivity index (χ0) is 23.9. The van der Waals surface area contributed by atoms with Gasteiger partial charge in [-0.3, -0.25) is 19.3 Å². The average Bonchev–Trinajstić information content (AvgIpc) is 3.51. The summed E-state index contributed by atoms with van der Waals surface area (Å²) in [6.07, 6.45) is 1.06. The predicted molar refractivity (Wildman–Crippen MR) is 128 cm³/mol. The molecule has 2 saturated carbocycles. The molecule has 1 aromatic carbocycles. The molecule has 1 aromatic heterocycles. The first-order valence-corrected chi connectivity index (χ1v) is 13.5. The zero-order valence-corrected chi connectivity index (χ0v) is 20.5. The molecule has 34 heavy (non-hydrogen) atoms. The number of aromatic nitrogens is 1. The van der Waals surface area contributed by atoms with E-state index in [9.17, 15) is 24.3 Å². The Balaban J connectivity index is 1.42. The van der Waals surface area contributed by atoms with Gasteiger partial charge in [-0.05, 0) is 42.1 Å². The minimum absolute atomic E-state index is 0.00185. The van der Waals surface area contributed by atoms with Gasteiger partial charge in [-0.25, -0.2) is 4.79 Å². The summed E-state index contributed by atoms with van der Waals surface area (Å²) < 4.78 is 0. The summed E-state index contributed by atoms with van der Waals surface area (Å²) >= 11 is 2.89. The number of carbonyl (C=O) groups is 3. The van der Waals surface area contributed by atoms with Gasteiger partial charge in [0.25, 0.3) is 0 Å². The lowest BCUT2D eigenvalue weighted by atomic mass is 9.68. The van der Waals surface area contributed by atoms with Gasteiger partial charge in [0.1, 0.15) is 6.04 Å². The minimum Gasteiger partial charge on any atom is -0.480 e. The Kier molecular flexibility index (Phi) is 5.08. The van der Waals surface area contributed by atoms with Crippen LogP contribution in [0.3, 0.4) is 0 Å². The molecule has 1 saturated heterocycles. The van der Waals surface area contributed by atoms with E-state index in [1.54, 1.807) is 11.8 Å². The van der Waals surface area contributed by atoms with E-state index < -0.39 is 23.8 Å². The van der Waals surface area contributed by atoms with Crippen molar-refractivity contribution in [3.63, 3.8) is 0 Å². The van der Waals surface area contributed by atoms with Crippen LogP contribution in [0, 0.1) is 35.5 Å². The summed E-state index contributed by atoms with van der Waals surface area (Å²) in [6, 6.07) is 8.99. The molecule has 0 radical (unpaired) electrons. The van der Waals surface area contributed by atoms with E-state index in [4.69, 9.17) is 0 Å². The lowest BCUT2D eigenvalue weighted by Gasteiger charge is -2.43. The highest BCUT2D eigenvalue weighted by Gasteiger charge is 2.70. The second kappa shape index (κ2) is 7.81. The number of H-pyrrole nitrogens is 1. The molecule has 178 valence electrons. The van der Waals surface area contributed by atoms with Gasteiger partial charge in [-0.1, -0.05) is 55.5 Å². The maximum Gasteiger partial charge on any atom is 0.326 e. The quantitative estimate of drug-likeness (QED) is 0.612. The Hall–Kier alpha value is -2.39. The second-order valence-corrected chi connectivity index (χ2v) is 12.6. The summed E-state index contributed by atoms with van der Waals surface area (Å²) in [4.78, 5) is 56.6. The van der Waals surface area contributed by atoms with Gasteiger partial charge in [-0.15, -0.1) is 11.8 Å². The Morgan fingerprint density at radius 2 is 1.79 bits per heavy atom. The van der Waals surface area contributed by atoms with Crippen molar-refractivity contribution >= 4 is 40.9 Å². The van der Waals surface area contributed by atoms with Crippen LogP contribution < -0.4 is 4.87 Å². The molecule has 4 aliphatic rings. The van der Waals surface area contributed by atoms with Crippen LogP contribution in [0.15, 0.2) is 40.2 Å². The van der Waals surface area contributed by atoms with Crippen LogP contribution in [0.5, 0.6) is 0 Å². The average molecular weight is 499 g/mol. The smallest absolute Gasteiger partial charge is 0.326 e. The second-order valence-electron chi connectivity index (χ2n) is 10.4. The van der Waals surface area contributed by atoms with Gasteiger partial charge in [0, 0.05) is 16.0 Å². The van der Waals surface area contributed by atoms with Crippen LogP contribution in [-0.4, -0.2) is 44.1 Å². The van der Waals surface area contributed by atoms with Gasteiger partial charge in [0.15, 0.2) is 0 Å². The molecular weight excluding hydrogens is 472 g/mol. The van der Waals surface area contributed by atoms with Crippen molar-refractivity contribution in [3.8, 4) is 0 Å². The molecular formula is C25H26N2O5S2. The third-order valence-electron chi connectivity index (χ3n) is 8.21. The van der Waals surface area contributed by atoms with Crippen LogP contribution in [0.25, 0.3) is 0 Å². The van der Waals surface area contributed by atoms with E-state index in [-0.39, 0.29) is 57.9 Å². The van der Waals surface area contributed by atoms with Crippen molar-refractivity contribution < 1.29 is 19.5 Å². The molecule has 0 unspecified atom stereocenters. The summed E-state index contributed by atoms with van der Waals surface area (Å²) in [5, 5.41) is 10.9. The first-order chi connectivity index (χ1) is 16.3. The van der Waals surface area contributed by atoms with Crippen molar-refractivity contribution in [2.24, 2.45) is 35.5 Å². The number of carboxylic acid groups (broad SMARTS) is 1. The number of carbonyl (C=O) groups excluding carboxylic acids is 2. The van der Waals surface area contributed by atoms with E-state index in [2.05, 4.69) is 17.1 Å². The number of fused-ring (bicyclic) bond motifs is 9. The third kappa shape index (κ3) is 3.02. The van der Waals surface area contributed by atoms with Gasteiger partial charge in [-0.2, -0.15) is 0 Å². The van der Waals surface area contributed by atoms with E-state index in [0.29, 0.717) is 0 Å². The predicted octanol–water partition coefficient (Wildman–Crippen LogP) is 3.41. The van der Waals surface area contributed by atoms with Crippen LogP contribution in [0.4, 0.5) is 0 Å². The molecule has 2 aromatic rings. The van der Waals surface area contributed by atoms with Crippen LogP contribution >= 0.6 is 23.1 Å². The Morgan fingerprint density at radius 3 is 2.44 bits per heavy atom. The fourth-order valence-corrected chi connectivity index (χ4v) is 10.0. The number of rotatable bonds is 5. The van der Waals surface area contributed by atoms with Crippen molar-refractivity contribution in [3.05, 3.63) is 50.4 Å². The number of hydrogen-bond donors (Lipinski definition) is 2. The van der Waals surface area contributed by atoms with Crippen molar-refractivity contribution in [1.29, 1.82) is 0 Å². The van der Waals surface area contributed by atoms with Gasteiger partial charge >= 0.3 is 10.8 Å². The minimum atomic E-state index is -1.11. The maximum absolute atomic E-state index is 13.7. The topological polar surface area (TPSA) is 108 Å². The lowest BCUT2D eigenvalue weighted by Crippen LogP contribution is -2.47. The third-order valence-corrected chi connectivity index (χ3v) is 10.8. The van der Waals surface area contributed by atoms with Crippen molar-refractivity contribution in [2.75, 3.05) is 0 Å². The number of amides is 2. The van der Waals surface area contributed by atoms with Crippen molar-refractivity contribution in [1.82, 2.24) is 9.88 Å². The molecule has 9 heteroatoms. The number of carboxylic acids is 1. The number of nitrogens with one attached hydrogen (secondary N) is 1. The van der Waals surface area contributed by atoms with Gasteiger partial charge in [0.05, 0.1) is 16.9 Å². The molecule has 3 fully saturated rings. The van der Waals surface area contributed by atoms with Crippen LogP contribution in [-0.2, 0) is 14.4 Å². The van der Waals surface area contributed by atoms with Crippen LogP contribution in [0.1, 0.15) is 43.0 Å². The number of thioether (sulfide) groups is 1. The molecule has 0 spiro atoms. The molecule has 6 rings (SSSR count). The summed E-state index contributed by atoms with van der Waals surface area (Å²) in [7, 11) is 0. The fraction of sp³-hybridized carbons (Fsp3) is 0.520. The zero-order valence-electron chi connectivity index (χ0n) is 18.8. The number of hydrogen-bond acceptors (Lipinski definition) is 6. The fourth-order valence-electron chi connectivity index (χ4n) is 7.14. The number of aliphatic carboxylic acids is 1.